The van der Waals surface area contributed by atoms with Crippen molar-refractivity contribution < 1.29 is 42.1 Å². The molecule has 1 unspecified atom stereocenters. The van der Waals surface area contributed by atoms with Crippen LogP contribution in [0.25, 0.3) is 0 Å². The zero-order valence-corrected chi connectivity index (χ0v) is 43.5. The molecule has 0 aliphatic heterocycles. The summed E-state index contributed by atoms with van der Waals surface area (Å²) in [6.45, 7) is 4.30. The Labute approximate surface area is 391 Å². The molecule has 0 spiro atoms. The summed E-state index contributed by atoms with van der Waals surface area (Å²) in [6, 6.07) is 0. The van der Waals surface area contributed by atoms with Gasteiger partial charge in [0.15, 0.2) is 6.10 Å². The molecule has 10 heteroatoms. The minimum Gasteiger partial charge on any atom is -0.756 e. The molecule has 9 nitrogen and oxygen atoms in total. The summed E-state index contributed by atoms with van der Waals surface area (Å²) in [7, 11) is 1.19. The lowest BCUT2D eigenvalue weighted by atomic mass is 10.0. The number of hydrogen-bond donors (Lipinski definition) is 0. The Bertz CT molecular complexity index is 1040. The Morgan fingerprint density at radius 3 is 1.02 bits per heavy atom. The van der Waals surface area contributed by atoms with Crippen molar-refractivity contribution in [2.75, 3.05) is 47.5 Å². The van der Waals surface area contributed by atoms with Crippen molar-refractivity contribution in [2.45, 2.75) is 283 Å². The molecule has 0 N–H and O–H groups in total. The van der Waals surface area contributed by atoms with Gasteiger partial charge < -0.3 is 27.9 Å². The first kappa shape index (κ1) is 62.0. The van der Waals surface area contributed by atoms with Crippen LogP contribution in [0.5, 0.6) is 0 Å². The monoisotopic (exact) mass is 916 g/mol. The molecule has 376 valence electrons. The van der Waals surface area contributed by atoms with E-state index in [2.05, 4.69) is 13.8 Å². The Balaban J connectivity index is 4.15. The summed E-state index contributed by atoms with van der Waals surface area (Å²) < 4.78 is 34.1. The zero-order valence-electron chi connectivity index (χ0n) is 42.6. The van der Waals surface area contributed by atoms with Crippen LogP contribution in [-0.4, -0.2) is 70.0 Å². The smallest absolute Gasteiger partial charge is 0.306 e. The number of carbonyl (C=O) groups excluding carboxylic acids is 2. The molecule has 0 radical (unpaired) electrons. The van der Waals surface area contributed by atoms with Crippen molar-refractivity contribution in [3.8, 4) is 0 Å². The largest absolute Gasteiger partial charge is 0.756 e. The highest BCUT2D eigenvalue weighted by Crippen LogP contribution is 2.38. The van der Waals surface area contributed by atoms with Crippen LogP contribution in [-0.2, 0) is 32.7 Å². The highest BCUT2D eigenvalue weighted by atomic mass is 31.2. The summed E-state index contributed by atoms with van der Waals surface area (Å²) in [4.78, 5) is 37.8. The first-order valence-electron chi connectivity index (χ1n) is 27.2. The normalized spacial score (nSPS) is 13.3. The van der Waals surface area contributed by atoms with E-state index in [-0.39, 0.29) is 32.0 Å². The summed E-state index contributed by atoms with van der Waals surface area (Å²) >= 11 is 0. The second-order valence-electron chi connectivity index (χ2n) is 20.0. The fourth-order valence-electron chi connectivity index (χ4n) is 8.13. The lowest BCUT2D eigenvalue weighted by Crippen LogP contribution is -2.37. The molecule has 63 heavy (non-hydrogen) atoms. The van der Waals surface area contributed by atoms with Crippen molar-refractivity contribution >= 4 is 19.8 Å². The summed E-state index contributed by atoms with van der Waals surface area (Å²) in [5, 5.41) is 0. The van der Waals surface area contributed by atoms with Gasteiger partial charge >= 0.3 is 11.9 Å². The standard InChI is InChI=1S/C53H106NO8P/c1-6-8-10-12-14-16-18-20-22-24-26-27-28-30-31-33-35-37-39-41-43-45-52(55)59-49-51(50-61-63(57,58)60-48-47-54(3,4)5)62-53(56)46-44-42-40-38-36-34-32-29-25-23-21-19-17-15-13-11-9-7-2/h51H,6-50H2,1-5H3/t51-/m1/s1. The molecule has 0 aliphatic carbocycles. The van der Waals surface area contributed by atoms with Crippen molar-refractivity contribution in [3.63, 3.8) is 0 Å². The van der Waals surface area contributed by atoms with E-state index in [1.54, 1.807) is 0 Å². The molecule has 0 rings (SSSR count). The van der Waals surface area contributed by atoms with Crippen LogP contribution in [0.2, 0.25) is 0 Å². The van der Waals surface area contributed by atoms with Crippen LogP contribution in [0.3, 0.4) is 0 Å². The third kappa shape index (κ3) is 50.3. The number of esters is 2. The number of rotatable bonds is 51. The first-order chi connectivity index (χ1) is 30.5. The SMILES string of the molecule is CCCCCCCCCCCCCCCCCCCCCCCC(=O)OC[C@H](COP(=O)([O-])OCC[N+](C)(C)C)OC(=O)CCCCCCCCCCCCCCCCCCCC. The van der Waals surface area contributed by atoms with E-state index < -0.39 is 26.5 Å². The molecule has 0 aromatic rings. The van der Waals surface area contributed by atoms with Gasteiger partial charge in [0, 0.05) is 12.8 Å². The second kappa shape index (κ2) is 46.1. The number of ether oxygens (including phenoxy) is 2. The number of likely N-dealkylation sites (N-methyl/N-ethyl adjacent to an activating group) is 1. The molecule has 0 fully saturated rings. The van der Waals surface area contributed by atoms with Crippen molar-refractivity contribution in [1.82, 2.24) is 0 Å². The number of hydrogen-bond acceptors (Lipinski definition) is 8. The number of unbranched alkanes of at least 4 members (excludes halogenated alkanes) is 37. The van der Waals surface area contributed by atoms with Gasteiger partial charge in [-0.05, 0) is 12.8 Å². The van der Waals surface area contributed by atoms with Crippen molar-refractivity contribution in [2.24, 2.45) is 0 Å². The van der Waals surface area contributed by atoms with Gasteiger partial charge in [0.25, 0.3) is 7.82 Å². The van der Waals surface area contributed by atoms with E-state index in [0.717, 1.165) is 32.1 Å². The van der Waals surface area contributed by atoms with Gasteiger partial charge in [0.05, 0.1) is 27.7 Å². The van der Waals surface area contributed by atoms with E-state index in [9.17, 15) is 19.0 Å². The van der Waals surface area contributed by atoms with E-state index in [0.29, 0.717) is 17.4 Å². The predicted octanol–water partition coefficient (Wildman–Crippen LogP) is 15.7. The predicted molar refractivity (Wildman–Crippen MR) is 264 cm³/mol. The third-order valence-electron chi connectivity index (χ3n) is 12.4. The Kier molecular flexibility index (Phi) is 45.4. The van der Waals surface area contributed by atoms with E-state index in [4.69, 9.17) is 18.5 Å². The van der Waals surface area contributed by atoms with Crippen LogP contribution in [0.1, 0.15) is 277 Å². The molecular weight excluding hydrogens is 810 g/mol. The highest BCUT2D eigenvalue weighted by molar-refractivity contribution is 7.45. The number of nitrogens with zero attached hydrogens (tertiary/aromatic N) is 1. The van der Waals surface area contributed by atoms with E-state index in [1.165, 1.54) is 212 Å². The summed E-state index contributed by atoms with van der Waals surface area (Å²) in [6.07, 6.45) is 49.9. The second-order valence-corrected chi connectivity index (χ2v) is 21.4. The van der Waals surface area contributed by atoms with Crippen molar-refractivity contribution in [3.05, 3.63) is 0 Å². The highest BCUT2D eigenvalue weighted by Gasteiger charge is 2.22. The van der Waals surface area contributed by atoms with Gasteiger partial charge in [-0.3, -0.25) is 14.2 Å². The van der Waals surface area contributed by atoms with Gasteiger partial charge in [-0.25, -0.2) is 0 Å². The fourth-order valence-corrected chi connectivity index (χ4v) is 8.86. The molecule has 0 saturated heterocycles. The summed E-state index contributed by atoms with van der Waals surface area (Å²) in [5.41, 5.74) is 0. The van der Waals surface area contributed by atoms with Crippen LogP contribution < -0.4 is 4.89 Å². The minimum atomic E-state index is -4.62. The topological polar surface area (TPSA) is 111 Å². The fraction of sp³-hybridized carbons (Fsp3) is 0.962. The van der Waals surface area contributed by atoms with Gasteiger partial charge in [-0.15, -0.1) is 0 Å². The van der Waals surface area contributed by atoms with Gasteiger partial charge in [-0.1, -0.05) is 251 Å². The molecule has 0 saturated carbocycles. The number of quaternary nitrogens is 1. The van der Waals surface area contributed by atoms with Crippen LogP contribution >= 0.6 is 7.82 Å². The van der Waals surface area contributed by atoms with E-state index >= 15 is 0 Å². The third-order valence-corrected chi connectivity index (χ3v) is 13.3. The molecular formula is C53H106NO8P. The Morgan fingerprint density at radius 2 is 0.714 bits per heavy atom. The van der Waals surface area contributed by atoms with Crippen LogP contribution in [0.15, 0.2) is 0 Å². The molecule has 2 atom stereocenters. The first-order valence-corrected chi connectivity index (χ1v) is 28.7. The van der Waals surface area contributed by atoms with E-state index in [1.807, 2.05) is 21.1 Å². The quantitative estimate of drug-likeness (QED) is 0.0257. The molecule has 0 heterocycles. The number of phosphoric ester groups is 1. The molecule has 0 aromatic carbocycles. The molecule has 0 aliphatic rings. The lowest BCUT2D eigenvalue weighted by molar-refractivity contribution is -0.870. The summed E-state index contributed by atoms with van der Waals surface area (Å²) in [5.74, 6) is -0.811. The van der Waals surface area contributed by atoms with Crippen molar-refractivity contribution in [1.29, 1.82) is 0 Å². The van der Waals surface area contributed by atoms with Crippen LogP contribution in [0, 0.1) is 0 Å². The average Bonchev–Trinajstić information content (AvgIpc) is 3.24. The molecule has 0 aromatic heterocycles. The number of phosphoric acid groups is 1. The maximum atomic E-state index is 12.8. The van der Waals surface area contributed by atoms with Crippen LogP contribution in [0.4, 0.5) is 0 Å². The maximum Gasteiger partial charge on any atom is 0.306 e. The van der Waals surface area contributed by atoms with Gasteiger partial charge in [-0.2, -0.15) is 0 Å². The zero-order chi connectivity index (χ0) is 46.4. The Morgan fingerprint density at radius 1 is 0.429 bits per heavy atom. The Hall–Kier alpha value is -0.990. The number of carbonyl (C=O) groups is 2. The molecule has 0 bridgehead atoms. The average molecular weight is 916 g/mol. The van der Waals surface area contributed by atoms with Gasteiger partial charge in [0.1, 0.15) is 19.8 Å². The lowest BCUT2D eigenvalue weighted by Gasteiger charge is -2.28. The minimum absolute atomic E-state index is 0.0252. The molecule has 0 amide bonds. The maximum absolute atomic E-state index is 12.8. The van der Waals surface area contributed by atoms with Gasteiger partial charge in [0.2, 0.25) is 0 Å².